The molecule has 0 bridgehead atoms. The van der Waals surface area contributed by atoms with Crippen LogP contribution in [-0.2, 0) is 24.8 Å². The lowest BCUT2D eigenvalue weighted by Gasteiger charge is -2.32. The fourth-order valence-electron chi connectivity index (χ4n) is 3.73. The first-order valence-electron chi connectivity index (χ1n) is 8.98. The number of carbonyl (C=O) groups is 1. The van der Waals surface area contributed by atoms with E-state index in [4.69, 9.17) is 4.74 Å². The van der Waals surface area contributed by atoms with E-state index in [0.717, 1.165) is 34.0 Å². The van der Waals surface area contributed by atoms with Crippen LogP contribution >= 0.6 is 0 Å². The minimum atomic E-state index is 0.0223. The van der Waals surface area contributed by atoms with E-state index in [1.54, 1.807) is 18.1 Å². The summed E-state index contributed by atoms with van der Waals surface area (Å²) >= 11 is 0. The molecule has 1 atom stereocenters. The summed E-state index contributed by atoms with van der Waals surface area (Å²) in [6.45, 7) is 3.09. The topological polar surface area (TPSA) is 76.0 Å². The van der Waals surface area contributed by atoms with Crippen LogP contribution in [0.1, 0.15) is 34.1 Å². The minimum Gasteiger partial charge on any atom is -0.497 e. The number of aromatic amines is 1. The lowest BCUT2D eigenvalue weighted by molar-refractivity contribution is -0.131. The number of benzene rings is 1. The predicted octanol–water partition coefficient (Wildman–Crippen LogP) is 2.18. The highest BCUT2D eigenvalue weighted by atomic mass is 16.5. The van der Waals surface area contributed by atoms with E-state index in [1.807, 2.05) is 43.3 Å². The van der Waals surface area contributed by atoms with E-state index in [1.165, 1.54) is 0 Å². The Kier molecular flexibility index (Phi) is 4.43. The van der Waals surface area contributed by atoms with E-state index in [-0.39, 0.29) is 11.8 Å². The van der Waals surface area contributed by atoms with Crippen molar-refractivity contribution < 1.29 is 9.53 Å². The summed E-state index contributed by atoms with van der Waals surface area (Å²) in [5, 5.41) is 4.33. The monoisotopic (exact) mass is 365 g/mol. The molecule has 4 rings (SSSR count). The number of imidazole rings is 1. The molecule has 0 fully saturated rings. The molecule has 0 saturated heterocycles. The molecule has 0 spiro atoms. The molecule has 140 valence electrons. The Labute approximate surface area is 158 Å². The summed E-state index contributed by atoms with van der Waals surface area (Å²) in [4.78, 5) is 22.6. The number of hydrogen-bond acceptors (Lipinski definition) is 4. The van der Waals surface area contributed by atoms with Crippen molar-refractivity contribution in [2.75, 3.05) is 13.7 Å². The molecule has 2 aromatic heterocycles. The summed E-state index contributed by atoms with van der Waals surface area (Å²) in [6, 6.07) is 7.97. The fourth-order valence-corrected chi connectivity index (χ4v) is 3.73. The molecule has 1 amide bonds. The largest absolute Gasteiger partial charge is 0.497 e. The maximum absolute atomic E-state index is 13.0. The highest BCUT2D eigenvalue weighted by Crippen LogP contribution is 2.33. The van der Waals surface area contributed by atoms with Crippen LogP contribution in [-0.4, -0.2) is 44.2 Å². The van der Waals surface area contributed by atoms with Crippen LogP contribution in [0.15, 0.2) is 36.8 Å². The normalized spacial score (nSPS) is 16.3. The Morgan fingerprint density at radius 2 is 2.26 bits per heavy atom. The number of methoxy groups -OCH3 is 1. The average Bonchev–Trinajstić information content (AvgIpc) is 3.26. The number of rotatable bonds is 4. The number of aromatic nitrogens is 4. The molecule has 27 heavy (non-hydrogen) atoms. The zero-order valence-electron chi connectivity index (χ0n) is 15.8. The zero-order chi connectivity index (χ0) is 19.0. The van der Waals surface area contributed by atoms with Crippen LogP contribution in [0.3, 0.4) is 0 Å². The molecular weight excluding hydrogens is 342 g/mol. The molecular formula is C20H23N5O2. The second kappa shape index (κ2) is 6.90. The Morgan fingerprint density at radius 3 is 3.00 bits per heavy atom. The smallest absolute Gasteiger partial charge is 0.227 e. The van der Waals surface area contributed by atoms with Crippen LogP contribution in [0.2, 0.25) is 0 Å². The summed E-state index contributed by atoms with van der Waals surface area (Å²) in [5.74, 6) is 0.923. The van der Waals surface area contributed by atoms with Gasteiger partial charge in [-0.3, -0.25) is 9.48 Å². The van der Waals surface area contributed by atoms with Crippen molar-refractivity contribution in [3.05, 3.63) is 65.0 Å². The quantitative estimate of drug-likeness (QED) is 0.769. The van der Waals surface area contributed by atoms with Gasteiger partial charge in [0.2, 0.25) is 5.91 Å². The van der Waals surface area contributed by atoms with Crippen LogP contribution < -0.4 is 4.74 Å². The molecule has 3 heterocycles. The molecule has 7 nitrogen and oxygen atoms in total. The van der Waals surface area contributed by atoms with Crippen LogP contribution in [0.4, 0.5) is 0 Å². The van der Waals surface area contributed by atoms with Crippen molar-refractivity contribution in [2.45, 2.75) is 25.8 Å². The SMILES string of the molecule is COc1cccc(C2CN(C(=O)Cc3cn(C)nc3C)Cc3[nH]cnc32)c1. The second-order valence-corrected chi connectivity index (χ2v) is 6.96. The number of fused-ring (bicyclic) bond motifs is 1. The number of carbonyl (C=O) groups excluding carboxylic acids is 1. The predicted molar refractivity (Wildman–Crippen MR) is 100 cm³/mol. The molecule has 7 heteroatoms. The Hall–Kier alpha value is -3.09. The lowest BCUT2D eigenvalue weighted by Crippen LogP contribution is -2.39. The summed E-state index contributed by atoms with van der Waals surface area (Å²) in [7, 11) is 3.53. The van der Waals surface area contributed by atoms with E-state index in [0.29, 0.717) is 19.5 Å². The van der Waals surface area contributed by atoms with Gasteiger partial charge in [-0.05, 0) is 24.6 Å². The van der Waals surface area contributed by atoms with Gasteiger partial charge >= 0.3 is 0 Å². The molecule has 1 aliphatic rings. The first-order valence-corrected chi connectivity index (χ1v) is 8.98. The number of ether oxygens (including phenoxy) is 1. The lowest BCUT2D eigenvalue weighted by atomic mass is 9.90. The third-order valence-electron chi connectivity index (χ3n) is 5.14. The second-order valence-electron chi connectivity index (χ2n) is 6.96. The fraction of sp³-hybridized carbons (Fsp3) is 0.350. The Morgan fingerprint density at radius 1 is 1.41 bits per heavy atom. The highest BCUT2D eigenvalue weighted by molar-refractivity contribution is 5.79. The molecule has 1 N–H and O–H groups in total. The van der Waals surface area contributed by atoms with Gasteiger partial charge in [-0.2, -0.15) is 5.10 Å². The first kappa shape index (κ1) is 17.3. The van der Waals surface area contributed by atoms with E-state index in [2.05, 4.69) is 21.1 Å². The average molecular weight is 365 g/mol. The van der Waals surface area contributed by atoms with Gasteiger partial charge in [0.1, 0.15) is 5.75 Å². The molecule has 1 aromatic carbocycles. The number of aryl methyl sites for hydroxylation is 2. The number of H-pyrrole nitrogens is 1. The maximum Gasteiger partial charge on any atom is 0.227 e. The third-order valence-corrected chi connectivity index (χ3v) is 5.14. The van der Waals surface area contributed by atoms with Crippen LogP contribution in [0.5, 0.6) is 5.75 Å². The van der Waals surface area contributed by atoms with E-state index >= 15 is 0 Å². The Bertz CT molecular complexity index is 974. The van der Waals surface area contributed by atoms with Crippen molar-refractivity contribution in [3.63, 3.8) is 0 Å². The van der Waals surface area contributed by atoms with Gasteiger partial charge in [-0.15, -0.1) is 0 Å². The van der Waals surface area contributed by atoms with Gasteiger partial charge in [0, 0.05) is 31.3 Å². The maximum atomic E-state index is 13.0. The minimum absolute atomic E-state index is 0.0223. The number of hydrogen-bond donors (Lipinski definition) is 1. The van der Waals surface area contributed by atoms with Gasteiger partial charge in [0.15, 0.2) is 0 Å². The van der Waals surface area contributed by atoms with Gasteiger partial charge in [0.25, 0.3) is 0 Å². The van der Waals surface area contributed by atoms with Crippen molar-refractivity contribution in [2.24, 2.45) is 7.05 Å². The first-order chi connectivity index (χ1) is 13.0. The Balaban J connectivity index is 1.61. The zero-order valence-corrected chi connectivity index (χ0v) is 15.8. The van der Waals surface area contributed by atoms with E-state index < -0.39 is 0 Å². The molecule has 0 aliphatic carbocycles. The van der Waals surface area contributed by atoms with E-state index in [9.17, 15) is 4.79 Å². The number of nitrogens with one attached hydrogen (secondary N) is 1. The molecule has 3 aromatic rings. The molecule has 1 unspecified atom stereocenters. The van der Waals surface area contributed by atoms with Crippen molar-refractivity contribution in [1.29, 1.82) is 0 Å². The number of nitrogens with zero attached hydrogens (tertiary/aromatic N) is 4. The van der Waals surface area contributed by atoms with Gasteiger partial charge in [-0.1, -0.05) is 12.1 Å². The summed E-state index contributed by atoms with van der Waals surface area (Å²) < 4.78 is 7.12. The molecule has 0 saturated carbocycles. The van der Waals surface area contributed by atoms with Crippen molar-refractivity contribution >= 4 is 5.91 Å². The summed E-state index contributed by atoms with van der Waals surface area (Å²) in [6.07, 6.45) is 3.98. The van der Waals surface area contributed by atoms with Gasteiger partial charge in [-0.25, -0.2) is 4.98 Å². The highest BCUT2D eigenvalue weighted by Gasteiger charge is 2.31. The van der Waals surface area contributed by atoms with Crippen LogP contribution in [0, 0.1) is 6.92 Å². The van der Waals surface area contributed by atoms with Crippen LogP contribution in [0.25, 0.3) is 0 Å². The summed E-state index contributed by atoms with van der Waals surface area (Å²) in [5.41, 5.74) is 4.96. The van der Waals surface area contributed by atoms with Gasteiger partial charge in [0.05, 0.1) is 43.5 Å². The van der Waals surface area contributed by atoms with Crippen molar-refractivity contribution in [3.8, 4) is 5.75 Å². The molecule has 0 radical (unpaired) electrons. The third kappa shape index (κ3) is 3.32. The molecule has 1 aliphatic heterocycles. The number of amides is 1. The standard InChI is InChI=1S/C20H23N5O2/c1-13-15(9-24(2)23-13)8-19(26)25-10-17(20-18(11-25)21-12-22-20)14-5-4-6-16(7-14)27-3/h4-7,9,12,17H,8,10-11H2,1-3H3,(H,21,22). The van der Waals surface area contributed by atoms with Crippen molar-refractivity contribution in [1.82, 2.24) is 24.6 Å². The van der Waals surface area contributed by atoms with Gasteiger partial charge < -0.3 is 14.6 Å².